The molecule has 1 aromatic rings. The van der Waals surface area contributed by atoms with Gasteiger partial charge >= 0.3 is 0 Å². The van der Waals surface area contributed by atoms with E-state index in [9.17, 15) is 0 Å². The molecular weight excluding hydrogens is 198 g/mol. The molecule has 1 aliphatic rings. The number of rotatable bonds is 2. The Kier molecular flexibility index (Phi) is 2.35. The summed E-state index contributed by atoms with van der Waals surface area (Å²) >= 11 is 6.10. The summed E-state index contributed by atoms with van der Waals surface area (Å²) in [6.07, 6.45) is 2.34. The minimum Gasteiger partial charge on any atom is -0.496 e. The lowest BCUT2D eigenvalue weighted by atomic mass is 10.1. The van der Waals surface area contributed by atoms with Crippen LogP contribution in [0.1, 0.15) is 29.9 Å². The van der Waals surface area contributed by atoms with Gasteiger partial charge in [-0.1, -0.05) is 11.6 Å². The van der Waals surface area contributed by atoms with E-state index in [1.165, 1.54) is 12.8 Å². The Morgan fingerprint density at radius 2 is 2.21 bits per heavy atom. The first kappa shape index (κ1) is 9.36. The van der Waals surface area contributed by atoms with Crippen LogP contribution >= 0.6 is 11.6 Å². The second-order valence-corrected chi connectivity index (χ2v) is 3.87. The maximum absolute atomic E-state index is 8.76. The van der Waals surface area contributed by atoms with Gasteiger partial charge in [0.05, 0.1) is 18.7 Å². The Labute approximate surface area is 88.1 Å². The van der Waals surface area contributed by atoms with Gasteiger partial charge in [-0.25, -0.2) is 0 Å². The van der Waals surface area contributed by atoms with E-state index < -0.39 is 0 Å². The third kappa shape index (κ3) is 1.56. The molecule has 2 rings (SSSR count). The van der Waals surface area contributed by atoms with Crippen molar-refractivity contribution in [2.24, 2.45) is 0 Å². The number of halogens is 1. The van der Waals surface area contributed by atoms with E-state index >= 15 is 0 Å². The summed E-state index contributed by atoms with van der Waals surface area (Å²) in [5, 5.41) is 9.42. The maximum atomic E-state index is 8.76. The molecule has 0 unspecified atom stereocenters. The zero-order valence-corrected chi connectivity index (χ0v) is 8.64. The monoisotopic (exact) mass is 207 g/mol. The summed E-state index contributed by atoms with van der Waals surface area (Å²) in [5.41, 5.74) is 1.62. The van der Waals surface area contributed by atoms with E-state index in [4.69, 9.17) is 21.6 Å². The summed E-state index contributed by atoms with van der Waals surface area (Å²) in [7, 11) is 1.61. The standard InChI is InChI=1S/C11H10ClNO/c1-14-10-5-7(6-13)4-9(12)11(10)8-2-3-8/h4-5,8H,2-3H2,1H3. The molecule has 0 amide bonds. The fraction of sp³-hybridized carbons (Fsp3) is 0.364. The largest absolute Gasteiger partial charge is 0.496 e. The highest BCUT2D eigenvalue weighted by molar-refractivity contribution is 6.31. The molecule has 0 radical (unpaired) electrons. The van der Waals surface area contributed by atoms with Crippen LogP contribution in [0.25, 0.3) is 0 Å². The maximum Gasteiger partial charge on any atom is 0.125 e. The van der Waals surface area contributed by atoms with Crippen molar-refractivity contribution in [2.45, 2.75) is 18.8 Å². The number of methoxy groups -OCH3 is 1. The van der Waals surface area contributed by atoms with Crippen molar-refractivity contribution in [1.29, 1.82) is 5.26 Å². The Morgan fingerprint density at radius 3 is 2.71 bits per heavy atom. The Morgan fingerprint density at radius 1 is 1.50 bits per heavy atom. The third-order valence-corrected chi connectivity index (χ3v) is 2.74. The van der Waals surface area contributed by atoms with E-state index in [1.54, 1.807) is 19.2 Å². The molecule has 1 saturated carbocycles. The van der Waals surface area contributed by atoms with E-state index in [2.05, 4.69) is 6.07 Å². The molecule has 0 spiro atoms. The van der Waals surface area contributed by atoms with E-state index in [0.29, 0.717) is 16.5 Å². The molecule has 0 atom stereocenters. The fourth-order valence-electron chi connectivity index (χ4n) is 1.59. The van der Waals surface area contributed by atoms with Crippen molar-refractivity contribution in [3.63, 3.8) is 0 Å². The quantitative estimate of drug-likeness (QED) is 0.747. The minimum atomic E-state index is 0.533. The molecule has 0 aromatic heterocycles. The lowest BCUT2D eigenvalue weighted by Gasteiger charge is -2.09. The third-order valence-electron chi connectivity index (χ3n) is 2.43. The van der Waals surface area contributed by atoms with E-state index in [-0.39, 0.29) is 0 Å². The first-order chi connectivity index (χ1) is 6.76. The molecule has 0 aliphatic heterocycles. The predicted molar refractivity (Wildman–Crippen MR) is 54.7 cm³/mol. The Hall–Kier alpha value is -1.20. The topological polar surface area (TPSA) is 33.0 Å². The lowest BCUT2D eigenvalue weighted by molar-refractivity contribution is 0.409. The van der Waals surface area contributed by atoms with Crippen LogP contribution in [0.15, 0.2) is 12.1 Å². The van der Waals surface area contributed by atoms with Crippen molar-refractivity contribution >= 4 is 11.6 Å². The van der Waals surface area contributed by atoms with Crippen LogP contribution < -0.4 is 4.74 Å². The van der Waals surface area contributed by atoms with Crippen LogP contribution in [0.5, 0.6) is 5.75 Å². The van der Waals surface area contributed by atoms with Gasteiger partial charge < -0.3 is 4.74 Å². The van der Waals surface area contributed by atoms with Gasteiger partial charge in [-0.2, -0.15) is 5.26 Å². The summed E-state index contributed by atoms with van der Waals surface area (Å²) in [6.45, 7) is 0. The van der Waals surface area contributed by atoms with Crippen molar-refractivity contribution in [2.75, 3.05) is 7.11 Å². The highest BCUT2D eigenvalue weighted by Crippen LogP contribution is 2.47. The number of hydrogen-bond donors (Lipinski definition) is 0. The smallest absolute Gasteiger partial charge is 0.125 e. The lowest BCUT2D eigenvalue weighted by Crippen LogP contribution is -1.92. The molecule has 0 saturated heterocycles. The van der Waals surface area contributed by atoms with Crippen molar-refractivity contribution in [1.82, 2.24) is 0 Å². The number of hydrogen-bond acceptors (Lipinski definition) is 2. The van der Waals surface area contributed by atoms with Crippen LogP contribution in [-0.2, 0) is 0 Å². The fourth-order valence-corrected chi connectivity index (χ4v) is 1.96. The Bertz CT molecular complexity index is 404. The predicted octanol–water partition coefficient (Wildman–Crippen LogP) is 3.10. The average Bonchev–Trinajstić information content (AvgIpc) is 3.00. The number of nitriles is 1. The van der Waals surface area contributed by atoms with E-state index in [1.807, 2.05) is 0 Å². The van der Waals surface area contributed by atoms with Gasteiger partial charge in [0, 0.05) is 10.6 Å². The summed E-state index contributed by atoms with van der Waals surface area (Å²) in [4.78, 5) is 0. The van der Waals surface area contributed by atoms with Crippen molar-refractivity contribution in [3.8, 4) is 11.8 Å². The first-order valence-corrected chi connectivity index (χ1v) is 4.91. The van der Waals surface area contributed by atoms with Gasteiger partial charge in [-0.15, -0.1) is 0 Å². The summed E-state index contributed by atoms with van der Waals surface area (Å²) < 4.78 is 5.23. The van der Waals surface area contributed by atoms with Crippen molar-refractivity contribution in [3.05, 3.63) is 28.3 Å². The molecule has 0 N–H and O–H groups in total. The molecule has 1 aliphatic carbocycles. The highest BCUT2D eigenvalue weighted by Gasteiger charge is 2.29. The summed E-state index contributed by atoms with van der Waals surface area (Å²) in [5.74, 6) is 1.28. The van der Waals surface area contributed by atoms with E-state index in [0.717, 1.165) is 11.3 Å². The normalized spacial score (nSPS) is 14.9. The SMILES string of the molecule is COc1cc(C#N)cc(Cl)c1C1CC1. The first-order valence-electron chi connectivity index (χ1n) is 4.53. The average molecular weight is 208 g/mol. The highest BCUT2D eigenvalue weighted by atomic mass is 35.5. The van der Waals surface area contributed by atoms with Crippen LogP contribution in [0.3, 0.4) is 0 Å². The Balaban J connectivity index is 2.52. The molecule has 0 bridgehead atoms. The molecular formula is C11H10ClNO. The van der Waals surface area contributed by atoms with Gasteiger partial charge in [0.15, 0.2) is 0 Å². The van der Waals surface area contributed by atoms with Crippen LogP contribution in [-0.4, -0.2) is 7.11 Å². The molecule has 2 nitrogen and oxygen atoms in total. The number of nitrogens with zero attached hydrogens (tertiary/aromatic N) is 1. The zero-order valence-electron chi connectivity index (χ0n) is 7.88. The number of benzene rings is 1. The molecule has 72 valence electrons. The molecule has 1 fully saturated rings. The number of ether oxygens (including phenoxy) is 1. The molecule has 3 heteroatoms. The van der Waals surface area contributed by atoms with Crippen LogP contribution in [0.4, 0.5) is 0 Å². The van der Waals surface area contributed by atoms with Gasteiger partial charge in [0.25, 0.3) is 0 Å². The van der Waals surface area contributed by atoms with Crippen LogP contribution in [0, 0.1) is 11.3 Å². The zero-order chi connectivity index (χ0) is 10.1. The minimum absolute atomic E-state index is 0.533. The van der Waals surface area contributed by atoms with Gasteiger partial charge in [-0.05, 0) is 30.9 Å². The van der Waals surface area contributed by atoms with Gasteiger partial charge in [-0.3, -0.25) is 0 Å². The van der Waals surface area contributed by atoms with Crippen molar-refractivity contribution < 1.29 is 4.74 Å². The summed E-state index contributed by atoms with van der Waals surface area (Å²) in [6, 6.07) is 5.52. The van der Waals surface area contributed by atoms with Gasteiger partial charge in [0.2, 0.25) is 0 Å². The molecule has 1 aromatic carbocycles. The van der Waals surface area contributed by atoms with Crippen LogP contribution in [0.2, 0.25) is 5.02 Å². The van der Waals surface area contributed by atoms with Gasteiger partial charge in [0.1, 0.15) is 5.75 Å². The second kappa shape index (κ2) is 3.51. The molecule has 0 heterocycles. The molecule has 14 heavy (non-hydrogen) atoms. The second-order valence-electron chi connectivity index (χ2n) is 3.46.